The van der Waals surface area contributed by atoms with Crippen molar-refractivity contribution in [3.05, 3.63) is 83.2 Å². The molecule has 0 saturated carbocycles. The Labute approximate surface area is 160 Å². The molecule has 0 aliphatic carbocycles. The topological polar surface area (TPSA) is 69.4 Å². The molecule has 0 aliphatic heterocycles. The lowest BCUT2D eigenvalue weighted by Gasteiger charge is -2.15. The molecule has 0 saturated heterocycles. The van der Waals surface area contributed by atoms with Crippen molar-refractivity contribution in [2.75, 3.05) is 18.2 Å². The lowest BCUT2D eigenvalue weighted by atomic mass is 10.1. The Bertz CT molecular complexity index is 882. The first-order valence-corrected chi connectivity index (χ1v) is 8.90. The minimum Gasteiger partial charge on any atom is -0.487 e. The van der Waals surface area contributed by atoms with Gasteiger partial charge in [0.25, 0.3) is 0 Å². The van der Waals surface area contributed by atoms with E-state index in [1.54, 1.807) is 7.11 Å². The van der Waals surface area contributed by atoms with Gasteiger partial charge in [0.15, 0.2) is 0 Å². The SMILES string of the molecule is COCc1ccc(N)c(NCc2nc(C)ccc2OCc2ccccc2)c1. The van der Waals surface area contributed by atoms with Crippen LogP contribution in [0, 0.1) is 6.92 Å². The number of pyridine rings is 1. The Morgan fingerprint density at radius 3 is 2.56 bits per heavy atom. The summed E-state index contributed by atoms with van der Waals surface area (Å²) in [4.78, 5) is 4.64. The Morgan fingerprint density at radius 1 is 0.963 bits per heavy atom. The second-order valence-electron chi connectivity index (χ2n) is 6.38. The van der Waals surface area contributed by atoms with Crippen LogP contribution in [-0.2, 0) is 24.5 Å². The van der Waals surface area contributed by atoms with Crippen molar-refractivity contribution in [1.82, 2.24) is 4.98 Å². The molecule has 0 unspecified atom stereocenters. The van der Waals surface area contributed by atoms with E-state index in [9.17, 15) is 0 Å². The maximum Gasteiger partial charge on any atom is 0.143 e. The largest absolute Gasteiger partial charge is 0.487 e. The van der Waals surface area contributed by atoms with Crippen molar-refractivity contribution in [3.8, 4) is 5.75 Å². The second kappa shape index (κ2) is 9.05. The van der Waals surface area contributed by atoms with Gasteiger partial charge in [-0.2, -0.15) is 0 Å². The number of nitrogen functional groups attached to an aromatic ring is 1. The normalized spacial score (nSPS) is 10.6. The summed E-state index contributed by atoms with van der Waals surface area (Å²) < 4.78 is 11.2. The number of benzene rings is 2. The van der Waals surface area contributed by atoms with Crippen LogP contribution < -0.4 is 15.8 Å². The molecule has 1 aromatic heterocycles. The minimum absolute atomic E-state index is 0.504. The number of ether oxygens (including phenoxy) is 2. The maximum atomic E-state index is 6.10. The third-order valence-electron chi connectivity index (χ3n) is 4.18. The van der Waals surface area contributed by atoms with Gasteiger partial charge in [-0.3, -0.25) is 4.98 Å². The molecule has 0 fully saturated rings. The zero-order valence-corrected chi connectivity index (χ0v) is 15.7. The van der Waals surface area contributed by atoms with Crippen LogP contribution in [0.15, 0.2) is 60.7 Å². The number of anilines is 2. The molecule has 0 aliphatic rings. The molecule has 1 heterocycles. The van der Waals surface area contributed by atoms with Gasteiger partial charge < -0.3 is 20.5 Å². The van der Waals surface area contributed by atoms with Crippen molar-refractivity contribution in [2.24, 2.45) is 0 Å². The fourth-order valence-electron chi connectivity index (χ4n) is 2.78. The van der Waals surface area contributed by atoms with Crippen molar-refractivity contribution >= 4 is 11.4 Å². The summed E-state index contributed by atoms with van der Waals surface area (Å²) in [5.74, 6) is 0.767. The van der Waals surface area contributed by atoms with Crippen molar-refractivity contribution in [3.63, 3.8) is 0 Å². The highest BCUT2D eigenvalue weighted by Gasteiger charge is 2.08. The number of aryl methyl sites for hydroxylation is 1. The second-order valence-corrected chi connectivity index (χ2v) is 6.38. The van der Waals surface area contributed by atoms with Crippen LogP contribution in [0.1, 0.15) is 22.5 Å². The lowest BCUT2D eigenvalue weighted by Crippen LogP contribution is -2.08. The first-order chi connectivity index (χ1) is 13.2. The monoisotopic (exact) mass is 363 g/mol. The summed E-state index contributed by atoms with van der Waals surface area (Å²) in [5.41, 5.74) is 11.6. The molecule has 5 nitrogen and oxygen atoms in total. The average Bonchev–Trinajstić information content (AvgIpc) is 2.68. The molecular weight excluding hydrogens is 338 g/mol. The van der Waals surface area contributed by atoms with Crippen LogP contribution in [0.3, 0.4) is 0 Å². The fourth-order valence-corrected chi connectivity index (χ4v) is 2.78. The first kappa shape index (κ1) is 18.7. The molecule has 0 atom stereocenters. The number of hydrogen-bond acceptors (Lipinski definition) is 5. The number of hydrogen-bond donors (Lipinski definition) is 2. The summed E-state index contributed by atoms with van der Waals surface area (Å²) in [5, 5.41) is 3.37. The minimum atomic E-state index is 0.504. The van der Waals surface area contributed by atoms with E-state index >= 15 is 0 Å². The predicted molar refractivity (Wildman–Crippen MR) is 109 cm³/mol. The maximum absolute atomic E-state index is 6.10. The van der Waals surface area contributed by atoms with Gasteiger partial charge in [-0.1, -0.05) is 36.4 Å². The van der Waals surface area contributed by atoms with Crippen LogP contribution in [0.2, 0.25) is 0 Å². The molecule has 3 N–H and O–H groups in total. The van der Waals surface area contributed by atoms with Crippen molar-refractivity contribution in [2.45, 2.75) is 26.7 Å². The molecule has 5 heteroatoms. The molecule has 0 amide bonds. The summed E-state index contributed by atoms with van der Waals surface area (Å²) in [6, 6.07) is 19.9. The predicted octanol–water partition coefficient (Wildman–Crippen LogP) is 4.31. The molecule has 140 valence electrons. The quantitative estimate of drug-likeness (QED) is 0.584. The van der Waals surface area contributed by atoms with Gasteiger partial charge in [0.05, 0.1) is 24.5 Å². The van der Waals surface area contributed by atoms with Gasteiger partial charge in [-0.25, -0.2) is 0 Å². The molecule has 0 spiro atoms. The highest BCUT2D eigenvalue weighted by atomic mass is 16.5. The van der Waals surface area contributed by atoms with E-state index in [0.717, 1.165) is 34.0 Å². The molecule has 0 bridgehead atoms. The number of methoxy groups -OCH3 is 1. The van der Waals surface area contributed by atoms with E-state index in [2.05, 4.69) is 10.3 Å². The van der Waals surface area contributed by atoms with E-state index < -0.39 is 0 Å². The van der Waals surface area contributed by atoms with Gasteiger partial charge in [-0.05, 0) is 42.3 Å². The van der Waals surface area contributed by atoms with E-state index in [1.165, 1.54) is 0 Å². The van der Waals surface area contributed by atoms with Gasteiger partial charge >= 0.3 is 0 Å². The zero-order valence-electron chi connectivity index (χ0n) is 15.7. The average molecular weight is 363 g/mol. The van der Waals surface area contributed by atoms with E-state index in [1.807, 2.05) is 67.6 Å². The molecular formula is C22H25N3O2. The van der Waals surface area contributed by atoms with E-state index in [0.29, 0.717) is 25.4 Å². The molecule has 27 heavy (non-hydrogen) atoms. The Hall–Kier alpha value is -3.05. The van der Waals surface area contributed by atoms with E-state index in [-0.39, 0.29) is 0 Å². The van der Waals surface area contributed by atoms with Gasteiger partial charge in [0.1, 0.15) is 18.1 Å². The molecule has 0 radical (unpaired) electrons. The Balaban J connectivity index is 1.72. The van der Waals surface area contributed by atoms with E-state index in [4.69, 9.17) is 15.2 Å². The summed E-state index contributed by atoms with van der Waals surface area (Å²) in [6.45, 7) is 3.54. The number of nitrogens with one attached hydrogen (secondary N) is 1. The highest BCUT2D eigenvalue weighted by molar-refractivity contribution is 5.67. The number of nitrogens with zero attached hydrogens (tertiary/aromatic N) is 1. The fraction of sp³-hybridized carbons (Fsp3) is 0.227. The standard InChI is InChI=1S/C22H25N3O2/c1-16-8-11-22(27-15-17-6-4-3-5-7-17)21(25-16)13-24-20-12-18(14-26-2)9-10-19(20)23/h3-12,24H,13-15,23H2,1-2H3. The number of rotatable bonds is 8. The molecule has 3 rings (SSSR count). The number of nitrogens with two attached hydrogens (primary N) is 1. The highest BCUT2D eigenvalue weighted by Crippen LogP contribution is 2.24. The third-order valence-corrected chi connectivity index (χ3v) is 4.18. The number of aromatic nitrogens is 1. The van der Waals surface area contributed by atoms with Gasteiger partial charge in [-0.15, -0.1) is 0 Å². The zero-order chi connectivity index (χ0) is 19.1. The smallest absolute Gasteiger partial charge is 0.143 e. The van der Waals surface area contributed by atoms with Crippen LogP contribution >= 0.6 is 0 Å². The van der Waals surface area contributed by atoms with Crippen molar-refractivity contribution in [1.29, 1.82) is 0 Å². The van der Waals surface area contributed by atoms with Crippen molar-refractivity contribution < 1.29 is 9.47 Å². The Morgan fingerprint density at radius 2 is 1.78 bits per heavy atom. The molecule has 2 aromatic carbocycles. The van der Waals surface area contributed by atoms with Crippen LogP contribution in [0.4, 0.5) is 11.4 Å². The third kappa shape index (κ3) is 5.21. The van der Waals surface area contributed by atoms with Crippen LogP contribution in [0.25, 0.3) is 0 Å². The van der Waals surface area contributed by atoms with Crippen LogP contribution in [-0.4, -0.2) is 12.1 Å². The lowest BCUT2D eigenvalue weighted by molar-refractivity contribution is 0.185. The summed E-state index contributed by atoms with van der Waals surface area (Å²) in [6.07, 6.45) is 0. The molecule has 3 aromatic rings. The van der Waals surface area contributed by atoms with Gasteiger partial charge in [0, 0.05) is 12.8 Å². The summed E-state index contributed by atoms with van der Waals surface area (Å²) >= 11 is 0. The Kier molecular flexibility index (Phi) is 6.28. The first-order valence-electron chi connectivity index (χ1n) is 8.90. The van der Waals surface area contributed by atoms with Gasteiger partial charge in [0.2, 0.25) is 0 Å². The van der Waals surface area contributed by atoms with Crippen LogP contribution in [0.5, 0.6) is 5.75 Å². The summed E-state index contributed by atoms with van der Waals surface area (Å²) in [7, 11) is 1.68.